The minimum atomic E-state index is -0.864. The molecule has 2 rings (SSSR count). The maximum Gasteiger partial charge on any atom is 0.333 e. The van der Waals surface area contributed by atoms with Crippen molar-refractivity contribution in [3.05, 3.63) is 35.9 Å². The fraction of sp³-hybridized carbons (Fsp3) is 0.471. The van der Waals surface area contributed by atoms with Crippen molar-refractivity contribution in [1.82, 2.24) is 10.2 Å². The van der Waals surface area contributed by atoms with Crippen LogP contribution in [0.1, 0.15) is 31.9 Å². The number of rotatable bonds is 5. The van der Waals surface area contributed by atoms with Crippen molar-refractivity contribution in [3.63, 3.8) is 0 Å². The van der Waals surface area contributed by atoms with Gasteiger partial charge in [-0.05, 0) is 19.4 Å². The molecule has 1 aliphatic rings. The van der Waals surface area contributed by atoms with Crippen LogP contribution < -0.4 is 5.32 Å². The first-order valence-electron chi connectivity index (χ1n) is 7.66. The molecule has 0 aliphatic carbocycles. The van der Waals surface area contributed by atoms with E-state index in [1.165, 1.54) is 7.11 Å². The molecule has 2 amide bonds. The molecule has 1 heterocycles. The van der Waals surface area contributed by atoms with Gasteiger partial charge in [-0.25, -0.2) is 4.79 Å². The number of nitrogens with one attached hydrogen (secondary N) is 1. The van der Waals surface area contributed by atoms with Gasteiger partial charge in [0.1, 0.15) is 0 Å². The maximum atomic E-state index is 12.5. The zero-order valence-corrected chi connectivity index (χ0v) is 13.6. The third-order valence-corrected chi connectivity index (χ3v) is 4.01. The summed E-state index contributed by atoms with van der Waals surface area (Å²) in [6.45, 7) is 4.21. The van der Waals surface area contributed by atoms with E-state index in [-0.39, 0.29) is 24.3 Å². The molecule has 0 saturated carbocycles. The Kier molecular flexibility index (Phi) is 5.36. The lowest BCUT2D eigenvalue weighted by Crippen LogP contribution is -2.39. The predicted molar refractivity (Wildman–Crippen MR) is 84.3 cm³/mol. The van der Waals surface area contributed by atoms with Crippen LogP contribution in [0.3, 0.4) is 0 Å². The molecule has 1 aliphatic heterocycles. The van der Waals surface area contributed by atoms with Crippen molar-refractivity contribution in [2.75, 3.05) is 13.7 Å². The molecule has 1 N–H and O–H groups in total. The van der Waals surface area contributed by atoms with Crippen LogP contribution >= 0.6 is 0 Å². The Hall–Kier alpha value is -2.37. The van der Waals surface area contributed by atoms with Crippen LogP contribution in [-0.4, -0.2) is 42.4 Å². The number of ether oxygens (including phenoxy) is 1. The number of amides is 2. The van der Waals surface area contributed by atoms with E-state index in [0.717, 1.165) is 0 Å². The smallest absolute Gasteiger partial charge is 0.333 e. The molecule has 2 unspecified atom stereocenters. The molecule has 23 heavy (non-hydrogen) atoms. The summed E-state index contributed by atoms with van der Waals surface area (Å²) < 4.78 is 4.78. The summed E-state index contributed by atoms with van der Waals surface area (Å²) in [5.74, 6) is -1.31. The number of hydrogen-bond donors (Lipinski definition) is 1. The Bertz CT molecular complexity index is 586. The summed E-state index contributed by atoms with van der Waals surface area (Å²) in [6, 6.07) is 8.11. The lowest BCUT2D eigenvalue weighted by molar-refractivity contribution is -0.145. The highest BCUT2D eigenvalue weighted by Gasteiger charge is 2.37. The van der Waals surface area contributed by atoms with Gasteiger partial charge in [0.15, 0.2) is 6.04 Å². The third kappa shape index (κ3) is 3.88. The fourth-order valence-electron chi connectivity index (χ4n) is 2.71. The molecular weight excluding hydrogens is 296 g/mol. The number of carbonyl (C=O) groups is 3. The molecular formula is C17H22N2O4. The first-order valence-corrected chi connectivity index (χ1v) is 7.66. The van der Waals surface area contributed by atoms with Gasteiger partial charge in [-0.2, -0.15) is 0 Å². The zero-order chi connectivity index (χ0) is 17.0. The van der Waals surface area contributed by atoms with Crippen molar-refractivity contribution < 1.29 is 19.1 Å². The quantitative estimate of drug-likeness (QED) is 0.830. The highest BCUT2D eigenvalue weighted by Crippen LogP contribution is 2.22. The molecule has 0 radical (unpaired) electrons. The largest absolute Gasteiger partial charge is 0.467 e. The number of hydrogen-bond acceptors (Lipinski definition) is 4. The normalized spacial score (nSPS) is 18.9. The van der Waals surface area contributed by atoms with Gasteiger partial charge in [-0.15, -0.1) is 0 Å². The Morgan fingerprint density at radius 1 is 1.26 bits per heavy atom. The Balaban J connectivity index is 2.10. The average molecular weight is 318 g/mol. The van der Waals surface area contributed by atoms with E-state index in [1.807, 2.05) is 19.9 Å². The second-order valence-corrected chi connectivity index (χ2v) is 5.92. The summed E-state index contributed by atoms with van der Waals surface area (Å²) in [5, 5.41) is 2.71. The van der Waals surface area contributed by atoms with Gasteiger partial charge in [0.05, 0.1) is 13.0 Å². The zero-order valence-electron chi connectivity index (χ0n) is 13.6. The standard InChI is InChI=1S/C17H22N2O4/c1-11(2)19-10-13(9-14(19)20)16(21)18-15(17(22)23-3)12-7-5-4-6-8-12/h4-8,11,13,15H,9-10H2,1-3H3,(H,18,21). The molecule has 0 aromatic heterocycles. The summed E-state index contributed by atoms with van der Waals surface area (Å²) in [7, 11) is 1.28. The van der Waals surface area contributed by atoms with E-state index in [4.69, 9.17) is 4.74 Å². The summed E-state index contributed by atoms with van der Waals surface area (Å²) in [5.41, 5.74) is 0.651. The van der Waals surface area contributed by atoms with E-state index in [2.05, 4.69) is 5.32 Å². The third-order valence-electron chi connectivity index (χ3n) is 4.01. The number of benzene rings is 1. The molecule has 0 bridgehead atoms. The van der Waals surface area contributed by atoms with Crippen molar-refractivity contribution in [2.45, 2.75) is 32.4 Å². The predicted octanol–water partition coefficient (Wildman–Crippen LogP) is 1.27. The average Bonchev–Trinajstić information content (AvgIpc) is 2.94. The summed E-state index contributed by atoms with van der Waals surface area (Å²) >= 11 is 0. The molecule has 0 spiro atoms. The van der Waals surface area contributed by atoms with Crippen molar-refractivity contribution in [2.24, 2.45) is 5.92 Å². The first-order chi connectivity index (χ1) is 10.9. The van der Waals surface area contributed by atoms with E-state index < -0.39 is 17.9 Å². The van der Waals surface area contributed by atoms with Crippen molar-refractivity contribution >= 4 is 17.8 Å². The molecule has 6 nitrogen and oxygen atoms in total. The van der Waals surface area contributed by atoms with Gasteiger partial charge >= 0.3 is 5.97 Å². The lowest BCUT2D eigenvalue weighted by atomic mass is 10.0. The van der Waals surface area contributed by atoms with Crippen LogP contribution in [-0.2, 0) is 19.1 Å². The second-order valence-electron chi connectivity index (χ2n) is 5.92. The Morgan fingerprint density at radius 2 is 1.91 bits per heavy atom. The highest BCUT2D eigenvalue weighted by atomic mass is 16.5. The number of nitrogens with zero attached hydrogens (tertiary/aromatic N) is 1. The van der Waals surface area contributed by atoms with Crippen LogP contribution in [0, 0.1) is 5.92 Å². The molecule has 124 valence electrons. The SMILES string of the molecule is COC(=O)C(NC(=O)C1CC(=O)N(C(C)C)C1)c1ccccc1. The van der Waals surface area contributed by atoms with Crippen molar-refractivity contribution in [3.8, 4) is 0 Å². The maximum absolute atomic E-state index is 12.5. The minimum absolute atomic E-state index is 0.0329. The van der Waals surface area contributed by atoms with Crippen LogP contribution in [0.25, 0.3) is 0 Å². The van der Waals surface area contributed by atoms with E-state index in [0.29, 0.717) is 12.1 Å². The molecule has 2 atom stereocenters. The van der Waals surface area contributed by atoms with Gasteiger partial charge in [-0.3, -0.25) is 9.59 Å². The minimum Gasteiger partial charge on any atom is -0.467 e. The van der Waals surface area contributed by atoms with Crippen LogP contribution in [0.2, 0.25) is 0 Å². The number of methoxy groups -OCH3 is 1. The number of likely N-dealkylation sites (tertiary alicyclic amines) is 1. The Labute approximate surface area is 135 Å². The van der Waals surface area contributed by atoms with Crippen molar-refractivity contribution in [1.29, 1.82) is 0 Å². The van der Waals surface area contributed by atoms with E-state index >= 15 is 0 Å². The molecule has 1 aromatic rings. The highest BCUT2D eigenvalue weighted by molar-refractivity contribution is 5.92. The van der Waals surface area contributed by atoms with Crippen LogP contribution in [0.5, 0.6) is 0 Å². The van der Waals surface area contributed by atoms with E-state index in [1.54, 1.807) is 29.2 Å². The number of carbonyl (C=O) groups excluding carboxylic acids is 3. The molecule has 1 saturated heterocycles. The van der Waals surface area contributed by atoms with Gasteiger partial charge in [0.25, 0.3) is 0 Å². The van der Waals surface area contributed by atoms with Gasteiger partial charge < -0.3 is 15.0 Å². The van der Waals surface area contributed by atoms with E-state index in [9.17, 15) is 14.4 Å². The Morgan fingerprint density at radius 3 is 2.43 bits per heavy atom. The number of esters is 1. The van der Waals surface area contributed by atoms with Gasteiger partial charge in [-0.1, -0.05) is 30.3 Å². The molecule has 1 fully saturated rings. The van der Waals surface area contributed by atoms with Gasteiger partial charge in [0.2, 0.25) is 11.8 Å². The molecule has 1 aromatic carbocycles. The van der Waals surface area contributed by atoms with Crippen LogP contribution in [0.15, 0.2) is 30.3 Å². The first kappa shape index (κ1) is 17.0. The van der Waals surface area contributed by atoms with Crippen LogP contribution in [0.4, 0.5) is 0 Å². The summed E-state index contributed by atoms with van der Waals surface area (Å²) in [4.78, 5) is 38.1. The topological polar surface area (TPSA) is 75.7 Å². The molecule has 6 heteroatoms. The second kappa shape index (κ2) is 7.26. The monoisotopic (exact) mass is 318 g/mol. The summed E-state index contributed by atoms with van der Waals surface area (Å²) in [6.07, 6.45) is 0.173. The van der Waals surface area contributed by atoms with Gasteiger partial charge in [0, 0.05) is 19.0 Å². The lowest BCUT2D eigenvalue weighted by Gasteiger charge is -2.22. The fourth-order valence-corrected chi connectivity index (χ4v) is 2.71.